The minimum Gasteiger partial charge on any atom is -0.309 e. The van der Waals surface area contributed by atoms with Gasteiger partial charge in [-0.3, -0.25) is 0 Å². The summed E-state index contributed by atoms with van der Waals surface area (Å²) in [6, 6.07) is 62.6. The lowest BCUT2D eigenvalue weighted by atomic mass is 10.00. The Labute approximate surface area is 300 Å². The van der Waals surface area contributed by atoms with Crippen LogP contribution >= 0.6 is 11.3 Å². The van der Waals surface area contributed by atoms with E-state index in [4.69, 9.17) is 9.97 Å². The van der Waals surface area contributed by atoms with Gasteiger partial charge in [0, 0.05) is 53.3 Å². The molecule has 3 aromatic heterocycles. The van der Waals surface area contributed by atoms with Crippen LogP contribution in [-0.2, 0) is 0 Å². The summed E-state index contributed by atoms with van der Waals surface area (Å²) >= 11 is 1.83. The molecule has 0 saturated carbocycles. The molecule has 0 aliphatic rings. The van der Waals surface area contributed by atoms with Crippen LogP contribution in [0.4, 0.5) is 0 Å². The molecule has 0 bridgehead atoms. The third-order valence-corrected chi connectivity index (χ3v) is 10.8. The van der Waals surface area contributed by atoms with Crippen LogP contribution in [0.2, 0.25) is 0 Å². The largest absolute Gasteiger partial charge is 0.309 e. The first-order valence-electron chi connectivity index (χ1n) is 16.8. The monoisotopic (exact) mass is 671 g/mol. The van der Waals surface area contributed by atoms with E-state index in [1.54, 1.807) is 0 Å². The number of nitrogens with zero attached hydrogens (tertiary/aromatic N) is 3. The molecule has 0 radical (unpaired) electrons. The maximum absolute atomic E-state index is 5.10. The SMILES string of the molecule is C.c1ccc(-c2cc(-c3ccccc3)nc(-c3ccc4sc5ccc(-c6ccc7c(c6)c6ccccc6n7-c6ccccc6)cc5c4c3)n2)cc1. The number of para-hydroxylation sites is 2. The molecule has 0 atom stereocenters. The molecule has 0 aliphatic carbocycles. The van der Waals surface area contributed by atoms with Gasteiger partial charge in [0.05, 0.1) is 22.4 Å². The van der Waals surface area contributed by atoms with Crippen LogP contribution in [0, 0.1) is 0 Å². The maximum atomic E-state index is 5.10. The van der Waals surface area contributed by atoms with Crippen molar-refractivity contribution in [1.82, 2.24) is 14.5 Å². The standard InChI is InChI=1S/C46H29N3S.CH4/c1-4-12-30(13-5-1)40-29-41(31-14-6-2-7-15-31)48-46(47-40)34-22-25-45-39(28-34)38-27-33(21-24-44(38)50-45)32-20-23-43-37(26-32)36-18-10-11-19-42(36)49(43)35-16-8-3-9-17-35;/h1-29H;1H4. The summed E-state index contributed by atoms with van der Waals surface area (Å²) in [5.41, 5.74) is 11.0. The lowest BCUT2D eigenvalue weighted by Gasteiger charge is -2.10. The van der Waals surface area contributed by atoms with E-state index in [2.05, 4.69) is 168 Å². The highest BCUT2D eigenvalue weighted by Crippen LogP contribution is 2.40. The van der Waals surface area contributed by atoms with Crippen molar-refractivity contribution in [3.8, 4) is 50.7 Å². The number of hydrogen-bond donors (Lipinski definition) is 0. The van der Waals surface area contributed by atoms with E-state index in [9.17, 15) is 0 Å². The van der Waals surface area contributed by atoms with Crippen LogP contribution in [0.5, 0.6) is 0 Å². The molecule has 4 heteroatoms. The van der Waals surface area contributed by atoms with Crippen molar-refractivity contribution in [2.45, 2.75) is 7.43 Å². The van der Waals surface area contributed by atoms with Gasteiger partial charge in [-0.2, -0.15) is 0 Å². The Kier molecular flexibility index (Phi) is 7.53. The summed E-state index contributed by atoms with van der Waals surface area (Å²) in [6.07, 6.45) is 0. The third-order valence-electron chi connectivity index (χ3n) is 9.61. The first-order chi connectivity index (χ1) is 24.8. The fraction of sp³-hybridized carbons (Fsp3) is 0.0213. The fourth-order valence-electron chi connectivity index (χ4n) is 7.19. The zero-order chi connectivity index (χ0) is 33.0. The van der Waals surface area contributed by atoms with E-state index in [1.807, 2.05) is 23.5 Å². The second kappa shape index (κ2) is 12.5. The van der Waals surface area contributed by atoms with Gasteiger partial charge in [0.25, 0.3) is 0 Å². The summed E-state index contributed by atoms with van der Waals surface area (Å²) in [4.78, 5) is 10.2. The maximum Gasteiger partial charge on any atom is 0.160 e. The highest BCUT2D eigenvalue weighted by Gasteiger charge is 2.16. The fourth-order valence-corrected chi connectivity index (χ4v) is 8.26. The van der Waals surface area contributed by atoms with Gasteiger partial charge in [0.2, 0.25) is 0 Å². The summed E-state index contributed by atoms with van der Waals surface area (Å²) in [6.45, 7) is 0. The van der Waals surface area contributed by atoms with Crippen LogP contribution in [0.3, 0.4) is 0 Å². The normalized spacial score (nSPS) is 11.4. The van der Waals surface area contributed by atoms with Gasteiger partial charge in [-0.25, -0.2) is 9.97 Å². The predicted octanol–water partition coefficient (Wildman–Crippen LogP) is 13.2. The molecule has 0 aliphatic heterocycles. The van der Waals surface area contributed by atoms with Gasteiger partial charge in [-0.05, 0) is 77.9 Å². The van der Waals surface area contributed by atoms with E-state index in [0.717, 1.165) is 33.9 Å². The van der Waals surface area contributed by atoms with Crippen molar-refractivity contribution >= 4 is 53.3 Å². The highest BCUT2D eigenvalue weighted by atomic mass is 32.1. The van der Waals surface area contributed by atoms with Crippen LogP contribution in [0.15, 0.2) is 176 Å². The van der Waals surface area contributed by atoms with Crippen LogP contribution in [-0.4, -0.2) is 14.5 Å². The molecule has 0 fully saturated rings. The number of aromatic nitrogens is 3. The molecule has 0 amide bonds. The van der Waals surface area contributed by atoms with Crippen molar-refractivity contribution in [1.29, 1.82) is 0 Å². The van der Waals surface area contributed by atoms with Gasteiger partial charge in [0.15, 0.2) is 5.82 Å². The Hall–Kier alpha value is -6.36. The van der Waals surface area contributed by atoms with E-state index in [1.165, 1.54) is 58.8 Å². The average molecular weight is 672 g/mol. The predicted molar refractivity (Wildman–Crippen MR) is 218 cm³/mol. The van der Waals surface area contributed by atoms with Crippen LogP contribution in [0.1, 0.15) is 7.43 Å². The Bertz CT molecular complexity index is 2800. The molecular weight excluding hydrogens is 639 g/mol. The second-order valence-electron chi connectivity index (χ2n) is 12.6. The minimum absolute atomic E-state index is 0. The smallest absolute Gasteiger partial charge is 0.160 e. The molecule has 7 aromatic carbocycles. The van der Waals surface area contributed by atoms with Crippen molar-refractivity contribution < 1.29 is 0 Å². The molecule has 3 heterocycles. The molecule has 0 spiro atoms. The van der Waals surface area contributed by atoms with Gasteiger partial charge in [-0.15, -0.1) is 11.3 Å². The Morgan fingerprint density at radius 3 is 1.51 bits per heavy atom. The molecule has 3 nitrogen and oxygen atoms in total. The number of benzene rings is 7. The van der Waals surface area contributed by atoms with Crippen LogP contribution < -0.4 is 0 Å². The van der Waals surface area contributed by atoms with Crippen LogP contribution in [0.25, 0.3) is 92.7 Å². The minimum atomic E-state index is 0. The molecule has 0 unspecified atom stereocenters. The molecule has 0 N–H and O–H groups in total. The third kappa shape index (κ3) is 5.29. The lowest BCUT2D eigenvalue weighted by Crippen LogP contribution is -1.95. The highest BCUT2D eigenvalue weighted by molar-refractivity contribution is 7.25. The van der Waals surface area contributed by atoms with E-state index >= 15 is 0 Å². The van der Waals surface area contributed by atoms with E-state index in [0.29, 0.717) is 0 Å². The summed E-state index contributed by atoms with van der Waals surface area (Å²) < 4.78 is 4.89. The number of thiophene rings is 1. The van der Waals surface area contributed by atoms with Gasteiger partial charge in [0.1, 0.15) is 0 Å². The summed E-state index contributed by atoms with van der Waals surface area (Å²) in [5, 5.41) is 4.98. The lowest BCUT2D eigenvalue weighted by molar-refractivity contribution is 1.18. The van der Waals surface area contributed by atoms with Crippen molar-refractivity contribution in [3.05, 3.63) is 176 Å². The zero-order valence-electron chi connectivity index (χ0n) is 27.0. The number of rotatable bonds is 5. The first kappa shape index (κ1) is 30.7. The Morgan fingerprint density at radius 2 is 0.863 bits per heavy atom. The summed E-state index contributed by atoms with van der Waals surface area (Å²) in [5.74, 6) is 0.725. The Morgan fingerprint density at radius 1 is 0.373 bits per heavy atom. The van der Waals surface area contributed by atoms with Gasteiger partial charge in [-0.1, -0.05) is 117 Å². The zero-order valence-corrected chi connectivity index (χ0v) is 27.8. The Balaban J connectivity index is 0.00000348. The quantitative estimate of drug-likeness (QED) is 0.182. The topological polar surface area (TPSA) is 30.7 Å². The first-order valence-corrected chi connectivity index (χ1v) is 17.6. The molecule has 0 saturated heterocycles. The van der Waals surface area contributed by atoms with Gasteiger partial charge >= 0.3 is 0 Å². The average Bonchev–Trinajstić information content (AvgIpc) is 3.73. The van der Waals surface area contributed by atoms with Crippen molar-refractivity contribution in [2.24, 2.45) is 0 Å². The molecule has 10 aromatic rings. The number of fused-ring (bicyclic) bond motifs is 6. The summed E-state index contributed by atoms with van der Waals surface area (Å²) in [7, 11) is 0. The van der Waals surface area contributed by atoms with Crippen molar-refractivity contribution in [3.63, 3.8) is 0 Å². The van der Waals surface area contributed by atoms with Crippen molar-refractivity contribution in [2.75, 3.05) is 0 Å². The molecular formula is C47H33N3S. The molecule has 242 valence electrons. The van der Waals surface area contributed by atoms with Gasteiger partial charge < -0.3 is 4.57 Å². The van der Waals surface area contributed by atoms with E-state index < -0.39 is 0 Å². The molecule has 51 heavy (non-hydrogen) atoms. The van der Waals surface area contributed by atoms with E-state index in [-0.39, 0.29) is 7.43 Å². The second-order valence-corrected chi connectivity index (χ2v) is 13.7. The number of hydrogen-bond acceptors (Lipinski definition) is 3. The molecule has 10 rings (SSSR count).